The summed E-state index contributed by atoms with van der Waals surface area (Å²) in [6.45, 7) is 8.04. The molecule has 0 aromatic heterocycles. The Morgan fingerprint density at radius 2 is 0.933 bits per heavy atom. The molecule has 0 aromatic carbocycles. The van der Waals surface area contributed by atoms with Crippen LogP contribution in [0.4, 0.5) is 0 Å². The first-order valence-corrected chi connectivity index (χ1v) is 11.6. The molecule has 0 radical (unpaired) electrons. The number of hydrogen-bond acceptors (Lipinski definition) is 8. The molecule has 0 rings (SSSR count). The van der Waals surface area contributed by atoms with Gasteiger partial charge in [-0.1, -0.05) is 45.4 Å². The van der Waals surface area contributed by atoms with Gasteiger partial charge in [-0.25, -0.2) is 0 Å². The summed E-state index contributed by atoms with van der Waals surface area (Å²) in [4.78, 5) is 0. The Balaban J connectivity index is 3.09. The summed E-state index contributed by atoms with van der Waals surface area (Å²) in [6.07, 6.45) is 7.85. The van der Waals surface area contributed by atoms with Crippen LogP contribution in [0, 0.1) is 0 Å². The third kappa shape index (κ3) is 25.7. The maximum Gasteiger partial charge on any atom is 0.0773 e. The lowest BCUT2D eigenvalue weighted by Gasteiger charge is -2.11. The predicted molar refractivity (Wildman–Crippen MR) is 116 cm³/mol. The lowest BCUT2D eigenvalue weighted by Crippen LogP contribution is -2.18. The Labute approximate surface area is 183 Å². The summed E-state index contributed by atoms with van der Waals surface area (Å²) in [5.74, 6) is 0. The number of ether oxygens (including phenoxy) is 6. The number of unbranched alkanes of at least 4 members (excludes halogenated alkanes) is 5. The molecule has 0 aliphatic rings. The van der Waals surface area contributed by atoms with Gasteiger partial charge >= 0.3 is 0 Å². The fraction of sp³-hybridized carbons (Fsp3) is 1.00. The second-order valence-electron chi connectivity index (χ2n) is 7.07. The molecule has 8 nitrogen and oxygen atoms in total. The van der Waals surface area contributed by atoms with Gasteiger partial charge in [0.1, 0.15) is 0 Å². The van der Waals surface area contributed by atoms with Crippen LogP contribution in [0.1, 0.15) is 51.9 Å². The minimum Gasteiger partial charge on any atom is -0.394 e. The van der Waals surface area contributed by atoms with Crippen LogP contribution in [0.15, 0.2) is 0 Å². The summed E-state index contributed by atoms with van der Waals surface area (Å²) in [5, 5.41) is 18.4. The van der Waals surface area contributed by atoms with Crippen LogP contribution >= 0.6 is 0 Å². The van der Waals surface area contributed by atoms with Gasteiger partial charge in [0, 0.05) is 0 Å². The van der Waals surface area contributed by atoms with Crippen LogP contribution in [-0.4, -0.2) is 102 Å². The van der Waals surface area contributed by atoms with Gasteiger partial charge in [0.05, 0.1) is 92.0 Å². The third-order valence-corrected chi connectivity index (χ3v) is 4.30. The van der Waals surface area contributed by atoms with Crippen molar-refractivity contribution in [2.24, 2.45) is 0 Å². The van der Waals surface area contributed by atoms with E-state index in [2.05, 4.69) is 6.92 Å². The quantitative estimate of drug-likeness (QED) is 0.198. The van der Waals surface area contributed by atoms with Crippen molar-refractivity contribution in [2.75, 3.05) is 85.9 Å². The van der Waals surface area contributed by atoms with E-state index < -0.39 is 0 Å². The zero-order valence-corrected chi connectivity index (χ0v) is 19.1. The van der Waals surface area contributed by atoms with E-state index in [1.807, 2.05) is 0 Å². The first kappa shape index (κ1) is 29.7. The van der Waals surface area contributed by atoms with Gasteiger partial charge in [0.25, 0.3) is 0 Å². The van der Waals surface area contributed by atoms with Gasteiger partial charge in [0.2, 0.25) is 0 Å². The second-order valence-corrected chi connectivity index (χ2v) is 7.07. The first-order valence-electron chi connectivity index (χ1n) is 11.6. The van der Waals surface area contributed by atoms with Gasteiger partial charge in [-0.15, -0.1) is 0 Å². The molecular weight excluding hydrogens is 392 g/mol. The Morgan fingerprint density at radius 1 is 0.533 bits per heavy atom. The van der Waals surface area contributed by atoms with Crippen LogP contribution < -0.4 is 0 Å². The van der Waals surface area contributed by atoms with Crippen LogP contribution in [0.2, 0.25) is 0 Å². The number of aliphatic hydroxyl groups is 2. The normalized spacial score (nSPS) is 12.5. The fourth-order valence-electron chi connectivity index (χ4n) is 2.63. The second kappa shape index (κ2) is 26.7. The van der Waals surface area contributed by atoms with Crippen molar-refractivity contribution in [1.29, 1.82) is 0 Å². The van der Waals surface area contributed by atoms with Crippen molar-refractivity contribution in [2.45, 2.75) is 58.0 Å². The highest BCUT2D eigenvalue weighted by Crippen LogP contribution is 2.08. The minimum atomic E-state index is -0.371. The molecular formula is C22H46O8. The lowest BCUT2D eigenvalue weighted by atomic mass is 10.1. The van der Waals surface area contributed by atoms with Gasteiger partial charge in [-0.2, -0.15) is 0 Å². The number of aliphatic hydroxyl groups excluding tert-OH is 2. The van der Waals surface area contributed by atoms with E-state index in [0.29, 0.717) is 79.3 Å². The van der Waals surface area contributed by atoms with E-state index in [0.717, 1.165) is 12.8 Å². The number of hydrogen-bond donors (Lipinski definition) is 2. The zero-order valence-electron chi connectivity index (χ0n) is 19.1. The summed E-state index contributed by atoms with van der Waals surface area (Å²) in [6, 6.07) is 0. The van der Waals surface area contributed by atoms with Gasteiger partial charge in [-0.05, 0) is 6.42 Å². The average molecular weight is 439 g/mol. The van der Waals surface area contributed by atoms with Crippen LogP contribution in [0.5, 0.6) is 0 Å². The summed E-state index contributed by atoms with van der Waals surface area (Å²) >= 11 is 0. The summed E-state index contributed by atoms with van der Waals surface area (Å²) < 4.78 is 32.0. The molecule has 1 atom stereocenters. The minimum absolute atomic E-state index is 0.0332. The molecule has 0 saturated heterocycles. The Kier molecular flexibility index (Phi) is 26.4. The molecule has 0 amide bonds. The molecule has 0 fully saturated rings. The monoisotopic (exact) mass is 438 g/mol. The molecule has 30 heavy (non-hydrogen) atoms. The molecule has 8 heteroatoms. The van der Waals surface area contributed by atoms with E-state index in [1.54, 1.807) is 0 Å². The van der Waals surface area contributed by atoms with Crippen molar-refractivity contribution in [3.05, 3.63) is 0 Å². The van der Waals surface area contributed by atoms with Crippen LogP contribution in [0.25, 0.3) is 0 Å². The largest absolute Gasteiger partial charge is 0.394 e. The Hall–Kier alpha value is -0.320. The maximum atomic E-state index is 9.87. The standard InChI is InChI=1S/C22H46O8/c1-2-3-4-5-6-7-8-22(24)21-30-20-19-29-18-17-28-16-15-27-14-13-26-12-11-25-10-9-23/h22-24H,2-21H2,1H3. The van der Waals surface area contributed by atoms with Crippen molar-refractivity contribution in [3.8, 4) is 0 Å². The van der Waals surface area contributed by atoms with Crippen molar-refractivity contribution < 1.29 is 38.6 Å². The lowest BCUT2D eigenvalue weighted by molar-refractivity contribution is -0.0251. The molecule has 0 spiro atoms. The molecule has 0 bridgehead atoms. The van der Waals surface area contributed by atoms with Crippen LogP contribution in [0.3, 0.4) is 0 Å². The van der Waals surface area contributed by atoms with E-state index in [1.165, 1.54) is 32.1 Å². The number of rotatable bonds is 26. The van der Waals surface area contributed by atoms with E-state index in [9.17, 15) is 5.11 Å². The SMILES string of the molecule is CCCCCCCCC(O)COCCOCCOCCOCCOCCOCCO. The highest BCUT2D eigenvalue weighted by Gasteiger charge is 2.04. The highest BCUT2D eigenvalue weighted by atomic mass is 16.6. The average Bonchev–Trinajstić information content (AvgIpc) is 2.75. The van der Waals surface area contributed by atoms with Gasteiger partial charge < -0.3 is 38.6 Å². The molecule has 0 saturated carbocycles. The van der Waals surface area contributed by atoms with Crippen molar-refractivity contribution in [3.63, 3.8) is 0 Å². The van der Waals surface area contributed by atoms with E-state index in [-0.39, 0.29) is 12.7 Å². The Morgan fingerprint density at radius 3 is 1.40 bits per heavy atom. The molecule has 0 heterocycles. The topological polar surface area (TPSA) is 95.8 Å². The maximum absolute atomic E-state index is 9.87. The van der Waals surface area contributed by atoms with E-state index in [4.69, 9.17) is 33.5 Å². The summed E-state index contributed by atoms with van der Waals surface area (Å²) in [7, 11) is 0. The molecule has 0 aliphatic heterocycles. The molecule has 1 unspecified atom stereocenters. The first-order chi connectivity index (χ1) is 14.8. The smallest absolute Gasteiger partial charge is 0.0773 e. The van der Waals surface area contributed by atoms with Gasteiger partial charge in [0.15, 0.2) is 0 Å². The third-order valence-electron chi connectivity index (χ3n) is 4.30. The summed E-state index contributed by atoms with van der Waals surface area (Å²) in [5.41, 5.74) is 0. The predicted octanol–water partition coefficient (Wildman–Crippen LogP) is 2.19. The molecule has 2 N–H and O–H groups in total. The Bertz CT molecular complexity index is 307. The van der Waals surface area contributed by atoms with Crippen LogP contribution in [-0.2, 0) is 28.4 Å². The van der Waals surface area contributed by atoms with Gasteiger partial charge in [-0.3, -0.25) is 0 Å². The molecule has 0 aliphatic carbocycles. The molecule has 0 aromatic rings. The van der Waals surface area contributed by atoms with Crippen molar-refractivity contribution in [1.82, 2.24) is 0 Å². The van der Waals surface area contributed by atoms with E-state index >= 15 is 0 Å². The fourth-order valence-corrected chi connectivity index (χ4v) is 2.63. The molecule has 182 valence electrons. The zero-order chi connectivity index (χ0) is 22.0. The van der Waals surface area contributed by atoms with Crippen molar-refractivity contribution >= 4 is 0 Å². The highest BCUT2D eigenvalue weighted by molar-refractivity contribution is 4.55.